The van der Waals surface area contributed by atoms with Crippen LogP contribution in [0.1, 0.15) is 43.4 Å². The summed E-state index contributed by atoms with van der Waals surface area (Å²) in [6.45, 7) is 9.97. The summed E-state index contributed by atoms with van der Waals surface area (Å²) in [4.78, 5) is 11.9. The van der Waals surface area contributed by atoms with Gasteiger partial charge in [0.05, 0.1) is 12.5 Å². The second kappa shape index (κ2) is 5.89. The molecular weight excluding hydrogens is 228 g/mol. The fraction of sp³-hybridized carbons (Fsp3) is 0.533. The predicted molar refractivity (Wildman–Crippen MR) is 71.8 cm³/mol. The molecule has 1 aromatic carbocycles. The van der Waals surface area contributed by atoms with Crippen LogP contribution in [0, 0.1) is 19.8 Å². The van der Waals surface area contributed by atoms with E-state index in [1.165, 1.54) is 0 Å². The van der Waals surface area contributed by atoms with Gasteiger partial charge in [-0.05, 0) is 43.9 Å². The number of rotatable bonds is 4. The lowest BCUT2D eigenvalue weighted by atomic mass is 9.94. The molecule has 0 fully saturated rings. The van der Waals surface area contributed by atoms with E-state index >= 15 is 0 Å². The lowest BCUT2D eigenvalue weighted by Crippen LogP contribution is -2.17. The Hall–Kier alpha value is -1.51. The van der Waals surface area contributed by atoms with Crippen molar-refractivity contribution in [3.8, 4) is 5.75 Å². The van der Waals surface area contributed by atoms with Gasteiger partial charge in [-0.3, -0.25) is 4.79 Å². The van der Waals surface area contributed by atoms with Gasteiger partial charge in [-0.2, -0.15) is 0 Å². The monoisotopic (exact) mass is 250 g/mol. The van der Waals surface area contributed by atoms with Crippen molar-refractivity contribution in [2.45, 2.75) is 40.5 Å². The van der Waals surface area contributed by atoms with Crippen molar-refractivity contribution < 1.29 is 14.6 Å². The van der Waals surface area contributed by atoms with Crippen molar-refractivity contribution in [1.82, 2.24) is 0 Å². The molecule has 0 saturated heterocycles. The summed E-state index contributed by atoms with van der Waals surface area (Å²) in [6, 6.07) is 3.63. The minimum absolute atomic E-state index is 0.168. The third kappa shape index (κ3) is 3.49. The van der Waals surface area contributed by atoms with Gasteiger partial charge in [-0.1, -0.05) is 19.9 Å². The average Bonchev–Trinajstić information content (AvgIpc) is 2.24. The van der Waals surface area contributed by atoms with E-state index in [1.54, 1.807) is 13.0 Å². The van der Waals surface area contributed by atoms with Gasteiger partial charge in [-0.15, -0.1) is 0 Å². The molecule has 100 valence electrons. The topological polar surface area (TPSA) is 46.5 Å². The zero-order valence-corrected chi connectivity index (χ0v) is 11.8. The van der Waals surface area contributed by atoms with E-state index in [2.05, 4.69) is 0 Å². The third-order valence-electron chi connectivity index (χ3n) is 2.85. The quantitative estimate of drug-likeness (QED) is 0.834. The van der Waals surface area contributed by atoms with E-state index in [-0.39, 0.29) is 11.7 Å². The van der Waals surface area contributed by atoms with Crippen LogP contribution in [0.15, 0.2) is 12.1 Å². The molecule has 0 radical (unpaired) electrons. The number of hydrogen-bond acceptors (Lipinski definition) is 3. The molecule has 0 aliphatic rings. The first-order valence-corrected chi connectivity index (χ1v) is 6.29. The maximum atomic E-state index is 11.9. The van der Waals surface area contributed by atoms with Crippen LogP contribution in [0.2, 0.25) is 0 Å². The summed E-state index contributed by atoms with van der Waals surface area (Å²) in [5.41, 5.74) is 2.56. The van der Waals surface area contributed by atoms with Gasteiger partial charge < -0.3 is 9.84 Å². The molecule has 0 heterocycles. The Labute approximate surface area is 109 Å². The van der Waals surface area contributed by atoms with Crippen LogP contribution in [0.25, 0.3) is 0 Å². The molecule has 3 nitrogen and oxygen atoms in total. The molecule has 1 N–H and O–H groups in total. The fourth-order valence-electron chi connectivity index (χ4n) is 2.01. The van der Waals surface area contributed by atoms with Crippen molar-refractivity contribution in [3.05, 3.63) is 28.8 Å². The van der Waals surface area contributed by atoms with Gasteiger partial charge in [-0.25, -0.2) is 0 Å². The molecule has 3 heteroatoms. The molecule has 1 rings (SSSR count). The number of esters is 1. The zero-order valence-electron chi connectivity index (χ0n) is 11.8. The Bertz CT molecular complexity index is 412. The van der Waals surface area contributed by atoms with Crippen molar-refractivity contribution in [2.24, 2.45) is 5.92 Å². The Kier molecular flexibility index (Phi) is 4.76. The number of benzene rings is 1. The van der Waals surface area contributed by atoms with Crippen LogP contribution >= 0.6 is 0 Å². The fourth-order valence-corrected chi connectivity index (χ4v) is 2.01. The number of ether oxygens (including phenoxy) is 1. The molecule has 1 unspecified atom stereocenters. The largest absolute Gasteiger partial charge is 0.508 e. The van der Waals surface area contributed by atoms with Crippen molar-refractivity contribution in [1.29, 1.82) is 0 Å². The Morgan fingerprint density at radius 2 is 1.89 bits per heavy atom. The van der Waals surface area contributed by atoms with Crippen LogP contribution in [0.3, 0.4) is 0 Å². The number of phenols is 1. The number of carbonyl (C=O) groups is 1. The molecule has 0 aromatic heterocycles. The molecule has 0 spiro atoms. The number of hydrogen-bond donors (Lipinski definition) is 1. The first kappa shape index (κ1) is 14.6. The van der Waals surface area contributed by atoms with Crippen LogP contribution in [0.5, 0.6) is 5.75 Å². The van der Waals surface area contributed by atoms with Gasteiger partial charge >= 0.3 is 5.97 Å². The molecular formula is C15H22O3. The van der Waals surface area contributed by atoms with E-state index in [4.69, 9.17) is 4.74 Å². The first-order valence-electron chi connectivity index (χ1n) is 6.29. The number of phenolic OH excluding ortho intramolecular Hbond substituents is 1. The second-order valence-electron chi connectivity index (χ2n) is 5.26. The van der Waals surface area contributed by atoms with Crippen molar-refractivity contribution in [3.63, 3.8) is 0 Å². The summed E-state index contributed by atoms with van der Waals surface area (Å²) in [6.07, 6.45) is 0. The zero-order chi connectivity index (χ0) is 13.9. The summed E-state index contributed by atoms with van der Waals surface area (Å²) < 4.78 is 5.21. The van der Waals surface area contributed by atoms with E-state index < -0.39 is 5.92 Å². The number of carbonyl (C=O) groups excluding carboxylic acids is 1. The normalized spacial score (nSPS) is 12.6. The number of aryl methyl sites for hydroxylation is 2. The highest BCUT2D eigenvalue weighted by Crippen LogP contribution is 2.31. The molecule has 18 heavy (non-hydrogen) atoms. The van der Waals surface area contributed by atoms with Crippen LogP contribution < -0.4 is 0 Å². The van der Waals surface area contributed by atoms with E-state index in [0.717, 1.165) is 11.1 Å². The highest BCUT2D eigenvalue weighted by molar-refractivity contribution is 5.79. The van der Waals surface area contributed by atoms with Gasteiger partial charge in [0, 0.05) is 5.56 Å². The van der Waals surface area contributed by atoms with Gasteiger partial charge in [0.25, 0.3) is 0 Å². The summed E-state index contributed by atoms with van der Waals surface area (Å²) in [7, 11) is 0. The maximum absolute atomic E-state index is 11.9. The molecule has 0 aliphatic carbocycles. The molecule has 1 atom stereocenters. The Morgan fingerprint density at radius 1 is 1.28 bits per heavy atom. The summed E-state index contributed by atoms with van der Waals surface area (Å²) in [5, 5.41) is 9.96. The van der Waals surface area contributed by atoms with E-state index in [0.29, 0.717) is 18.1 Å². The number of aromatic hydroxyl groups is 1. The van der Waals surface area contributed by atoms with E-state index in [1.807, 2.05) is 33.8 Å². The highest BCUT2D eigenvalue weighted by Gasteiger charge is 2.22. The van der Waals surface area contributed by atoms with Gasteiger partial charge in [0.2, 0.25) is 0 Å². The molecule has 0 bridgehead atoms. The second-order valence-corrected chi connectivity index (χ2v) is 5.26. The average molecular weight is 250 g/mol. The maximum Gasteiger partial charge on any atom is 0.313 e. The van der Waals surface area contributed by atoms with Gasteiger partial charge in [0.1, 0.15) is 5.75 Å². The molecule has 1 aromatic rings. The highest BCUT2D eigenvalue weighted by atomic mass is 16.5. The third-order valence-corrected chi connectivity index (χ3v) is 2.85. The van der Waals surface area contributed by atoms with Crippen LogP contribution in [-0.4, -0.2) is 17.7 Å². The first-order chi connectivity index (χ1) is 8.32. The molecule has 0 saturated carbocycles. The summed E-state index contributed by atoms with van der Waals surface area (Å²) in [5.74, 6) is -0.245. The van der Waals surface area contributed by atoms with Crippen molar-refractivity contribution >= 4 is 5.97 Å². The SMILES string of the molecule is Cc1cc(C)c(C(C)C(=O)OCC(C)C)c(O)c1. The Morgan fingerprint density at radius 3 is 2.39 bits per heavy atom. The van der Waals surface area contributed by atoms with Crippen LogP contribution in [0.4, 0.5) is 0 Å². The van der Waals surface area contributed by atoms with Crippen LogP contribution in [-0.2, 0) is 9.53 Å². The van der Waals surface area contributed by atoms with E-state index in [9.17, 15) is 9.90 Å². The lowest BCUT2D eigenvalue weighted by molar-refractivity contribution is -0.146. The van der Waals surface area contributed by atoms with Crippen molar-refractivity contribution in [2.75, 3.05) is 6.61 Å². The smallest absolute Gasteiger partial charge is 0.313 e. The minimum Gasteiger partial charge on any atom is -0.508 e. The standard InChI is InChI=1S/C15H22O3/c1-9(2)8-18-15(17)12(5)14-11(4)6-10(3)7-13(14)16/h6-7,9,12,16H,8H2,1-5H3. The predicted octanol–water partition coefficient (Wildman–Crippen LogP) is 3.31. The Balaban J connectivity index is 2.90. The summed E-state index contributed by atoms with van der Waals surface area (Å²) >= 11 is 0. The van der Waals surface area contributed by atoms with Gasteiger partial charge in [0.15, 0.2) is 0 Å². The lowest BCUT2D eigenvalue weighted by Gasteiger charge is -2.17. The minimum atomic E-state index is -0.440. The molecule has 0 amide bonds. The molecule has 0 aliphatic heterocycles.